The molecule has 0 saturated heterocycles. The number of benzene rings is 3. The third-order valence-corrected chi connectivity index (χ3v) is 5.31. The van der Waals surface area contributed by atoms with Crippen LogP contribution in [0.3, 0.4) is 0 Å². The molecule has 6 nitrogen and oxygen atoms in total. The van der Waals surface area contributed by atoms with Crippen molar-refractivity contribution in [1.29, 1.82) is 0 Å². The average molecular weight is 461 g/mol. The first kappa shape index (κ1) is 24.8. The van der Waals surface area contributed by atoms with E-state index < -0.39 is 0 Å². The zero-order valence-corrected chi connectivity index (χ0v) is 20.0. The molecule has 0 aromatic heterocycles. The quantitative estimate of drug-likeness (QED) is 0.288. The smallest absolute Gasteiger partial charge is 0.240 e. The van der Waals surface area contributed by atoms with Crippen LogP contribution in [0.15, 0.2) is 71.8 Å². The van der Waals surface area contributed by atoms with Crippen LogP contribution in [-0.4, -0.2) is 25.8 Å². The van der Waals surface area contributed by atoms with Crippen LogP contribution in [0.5, 0.6) is 17.2 Å². The highest BCUT2D eigenvalue weighted by molar-refractivity contribution is 5.83. The summed E-state index contributed by atoms with van der Waals surface area (Å²) in [7, 11) is 1.66. The first-order chi connectivity index (χ1) is 16.6. The lowest BCUT2D eigenvalue weighted by Gasteiger charge is -2.12. The van der Waals surface area contributed by atoms with Crippen molar-refractivity contribution in [1.82, 2.24) is 5.43 Å². The Morgan fingerprint density at radius 2 is 1.82 bits per heavy atom. The third kappa shape index (κ3) is 7.66. The second kappa shape index (κ2) is 13.0. The molecule has 3 aromatic rings. The summed E-state index contributed by atoms with van der Waals surface area (Å²) in [6.45, 7) is 4.96. The lowest BCUT2D eigenvalue weighted by atomic mass is 10.0. The molecule has 0 bridgehead atoms. The summed E-state index contributed by atoms with van der Waals surface area (Å²) in [6.07, 6.45) is 3.58. The van der Waals surface area contributed by atoms with Crippen molar-refractivity contribution in [2.75, 3.05) is 13.7 Å². The van der Waals surface area contributed by atoms with Crippen molar-refractivity contribution in [2.24, 2.45) is 5.10 Å². The average Bonchev–Trinajstić information content (AvgIpc) is 2.85. The number of carbonyl (C=O) groups excluding carboxylic acids is 1. The van der Waals surface area contributed by atoms with Gasteiger partial charge >= 0.3 is 0 Å². The van der Waals surface area contributed by atoms with Crippen LogP contribution in [0.25, 0.3) is 0 Å². The molecule has 0 aliphatic carbocycles. The van der Waals surface area contributed by atoms with E-state index in [9.17, 15) is 4.79 Å². The third-order valence-electron chi connectivity index (χ3n) is 5.31. The fraction of sp³-hybridized carbons (Fsp3) is 0.286. The molecule has 0 fully saturated rings. The summed E-state index contributed by atoms with van der Waals surface area (Å²) in [5, 5.41) is 4.09. The molecule has 0 aliphatic heterocycles. The van der Waals surface area contributed by atoms with Gasteiger partial charge in [-0.3, -0.25) is 4.79 Å². The van der Waals surface area contributed by atoms with Gasteiger partial charge in [0.25, 0.3) is 0 Å². The van der Waals surface area contributed by atoms with Crippen LogP contribution in [0.2, 0.25) is 0 Å². The highest BCUT2D eigenvalue weighted by Gasteiger charge is 2.07. The number of nitrogens with one attached hydrogen (secondary N) is 1. The molecule has 0 heterocycles. The molecule has 3 aromatic carbocycles. The molecular formula is C28H32N2O4. The van der Waals surface area contributed by atoms with E-state index in [0.29, 0.717) is 31.1 Å². The molecule has 0 spiro atoms. The van der Waals surface area contributed by atoms with E-state index in [-0.39, 0.29) is 5.91 Å². The Hall–Kier alpha value is -3.80. The number of aryl methyl sites for hydroxylation is 2. The number of hydrogen-bond donors (Lipinski definition) is 1. The van der Waals surface area contributed by atoms with E-state index in [1.807, 2.05) is 73.7 Å². The van der Waals surface area contributed by atoms with Gasteiger partial charge in [-0.1, -0.05) is 36.4 Å². The summed E-state index contributed by atoms with van der Waals surface area (Å²) >= 11 is 0. The van der Waals surface area contributed by atoms with Gasteiger partial charge in [-0.2, -0.15) is 5.10 Å². The highest BCUT2D eigenvalue weighted by Crippen LogP contribution is 2.29. The summed E-state index contributed by atoms with van der Waals surface area (Å²) in [5.41, 5.74) is 6.88. The predicted molar refractivity (Wildman–Crippen MR) is 135 cm³/mol. The molecule has 178 valence electrons. The second-order valence-corrected chi connectivity index (χ2v) is 7.85. The Bertz CT molecular complexity index is 1100. The van der Waals surface area contributed by atoms with Gasteiger partial charge in [0, 0.05) is 6.42 Å². The first-order valence-electron chi connectivity index (χ1n) is 11.5. The molecule has 0 radical (unpaired) electrons. The second-order valence-electron chi connectivity index (χ2n) is 7.85. The number of methoxy groups -OCH3 is 1. The number of hydrogen-bond acceptors (Lipinski definition) is 5. The first-order valence-corrected chi connectivity index (χ1v) is 11.5. The van der Waals surface area contributed by atoms with Crippen LogP contribution < -0.4 is 19.6 Å². The van der Waals surface area contributed by atoms with E-state index >= 15 is 0 Å². The van der Waals surface area contributed by atoms with Gasteiger partial charge in [0.05, 0.1) is 19.9 Å². The topological polar surface area (TPSA) is 69.2 Å². The fourth-order valence-electron chi connectivity index (χ4n) is 3.48. The normalized spacial score (nSPS) is 10.8. The van der Waals surface area contributed by atoms with Crippen molar-refractivity contribution >= 4 is 12.1 Å². The molecule has 34 heavy (non-hydrogen) atoms. The van der Waals surface area contributed by atoms with E-state index in [4.69, 9.17) is 14.2 Å². The molecule has 6 heteroatoms. The van der Waals surface area contributed by atoms with E-state index in [0.717, 1.165) is 29.7 Å². The van der Waals surface area contributed by atoms with E-state index in [1.54, 1.807) is 13.3 Å². The van der Waals surface area contributed by atoms with Crippen LogP contribution in [-0.2, 0) is 17.8 Å². The lowest BCUT2D eigenvalue weighted by molar-refractivity contribution is -0.121. The van der Waals surface area contributed by atoms with Crippen molar-refractivity contribution in [3.05, 3.63) is 89.0 Å². The van der Waals surface area contributed by atoms with Crippen LogP contribution >= 0.6 is 0 Å². The minimum atomic E-state index is -0.115. The molecule has 3 rings (SSSR count). The minimum Gasteiger partial charge on any atom is -0.497 e. The number of ether oxygens (including phenoxy) is 3. The molecule has 0 unspecified atom stereocenters. The van der Waals surface area contributed by atoms with E-state index in [2.05, 4.69) is 17.5 Å². The molecular weight excluding hydrogens is 428 g/mol. The van der Waals surface area contributed by atoms with Crippen molar-refractivity contribution < 1.29 is 19.0 Å². The Morgan fingerprint density at radius 3 is 2.56 bits per heavy atom. The maximum absolute atomic E-state index is 12.2. The standard InChI is InChI=1S/C28H32N2O4/c1-4-33-27-18-23(13-16-26(27)34-20-22-9-6-5-7-10-22)19-29-30-28(31)12-8-11-24-14-15-25(32-3)17-21(24)2/h5-7,9-10,13-19H,4,8,11-12,20H2,1-3H3,(H,30,31)/b29-19-. The summed E-state index contributed by atoms with van der Waals surface area (Å²) in [5.74, 6) is 2.04. The number of nitrogens with zero attached hydrogens (tertiary/aromatic N) is 1. The summed E-state index contributed by atoms with van der Waals surface area (Å²) < 4.78 is 16.9. The van der Waals surface area contributed by atoms with Crippen molar-refractivity contribution in [2.45, 2.75) is 39.7 Å². The Balaban J connectivity index is 1.49. The Labute approximate surface area is 201 Å². The maximum atomic E-state index is 12.2. The van der Waals surface area contributed by atoms with Gasteiger partial charge in [-0.05, 0) is 79.3 Å². The van der Waals surface area contributed by atoms with Crippen LogP contribution in [0, 0.1) is 6.92 Å². The monoisotopic (exact) mass is 460 g/mol. The van der Waals surface area contributed by atoms with Gasteiger partial charge in [-0.15, -0.1) is 0 Å². The van der Waals surface area contributed by atoms with E-state index in [1.165, 1.54) is 11.1 Å². The van der Waals surface area contributed by atoms with Gasteiger partial charge in [0.15, 0.2) is 11.5 Å². The number of rotatable bonds is 12. The maximum Gasteiger partial charge on any atom is 0.240 e. The van der Waals surface area contributed by atoms with Crippen molar-refractivity contribution in [3.8, 4) is 17.2 Å². The summed E-state index contributed by atoms with van der Waals surface area (Å²) in [4.78, 5) is 12.2. The number of carbonyl (C=O) groups is 1. The molecule has 1 amide bonds. The molecule has 1 N–H and O–H groups in total. The SMILES string of the molecule is CCOc1cc(/C=N\NC(=O)CCCc2ccc(OC)cc2C)ccc1OCc1ccccc1. The van der Waals surface area contributed by atoms with Gasteiger partial charge < -0.3 is 14.2 Å². The zero-order valence-electron chi connectivity index (χ0n) is 20.0. The molecule has 0 saturated carbocycles. The minimum absolute atomic E-state index is 0.115. The number of hydrazone groups is 1. The number of amides is 1. The van der Waals surface area contributed by atoms with Crippen LogP contribution in [0.4, 0.5) is 0 Å². The lowest BCUT2D eigenvalue weighted by Crippen LogP contribution is -2.17. The predicted octanol–water partition coefficient (Wildman–Crippen LogP) is 5.45. The highest BCUT2D eigenvalue weighted by atomic mass is 16.5. The zero-order chi connectivity index (χ0) is 24.2. The Morgan fingerprint density at radius 1 is 1.00 bits per heavy atom. The van der Waals surface area contributed by atoms with Gasteiger partial charge in [0.2, 0.25) is 5.91 Å². The van der Waals surface area contributed by atoms with Gasteiger partial charge in [-0.25, -0.2) is 5.43 Å². The Kier molecular flexibility index (Phi) is 9.52. The molecule has 0 atom stereocenters. The summed E-state index contributed by atoms with van der Waals surface area (Å²) in [6, 6.07) is 21.6. The molecule has 0 aliphatic rings. The fourth-order valence-corrected chi connectivity index (χ4v) is 3.48. The van der Waals surface area contributed by atoms with Crippen molar-refractivity contribution in [3.63, 3.8) is 0 Å². The largest absolute Gasteiger partial charge is 0.497 e. The van der Waals surface area contributed by atoms with Crippen LogP contribution in [0.1, 0.15) is 42.0 Å². The van der Waals surface area contributed by atoms with Gasteiger partial charge in [0.1, 0.15) is 12.4 Å².